The maximum atomic E-state index is 12.1. The van der Waals surface area contributed by atoms with Gasteiger partial charge in [0.05, 0.1) is 5.75 Å². The molecule has 2 N–H and O–H groups in total. The van der Waals surface area contributed by atoms with Crippen molar-refractivity contribution >= 4 is 15.7 Å². The van der Waals surface area contributed by atoms with Crippen LogP contribution in [0, 0.1) is 0 Å². The number of anilines is 1. The summed E-state index contributed by atoms with van der Waals surface area (Å²) in [5.74, 6) is -0.0113. The van der Waals surface area contributed by atoms with Crippen molar-refractivity contribution in [2.24, 2.45) is 0 Å². The van der Waals surface area contributed by atoms with Crippen LogP contribution in [0.15, 0.2) is 36.9 Å². The molecule has 1 aromatic rings. The molecule has 100 valence electrons. The lowest BCUT2D eigenvalue weighted by molar-refractivity contribution is 0.462. The summed E-state index contributed by atoms with van der Waals surface area (Å²) >= 11 is 0. The van der Waals surface area contributed by atoms with Crippen molar-refractivity contribution in [3.63, 3.8) is 0 Å². The van der Waals surface area contributed by atoms with Crippen molar-refractivity contribution in [1.29, 1.82) is 0 Å². The third-order valence-corrected chi connectivity index (χ3v) is 4.49. The average Bonchev–Trinajstić information content (AvgIpc) is 2.28. The predicted molar refractivity (Wildman–Crippen MR) is 75.5 cm³/mol. The van der Waals surface area contributed by atoms with Crippen molar-refractivity contribution in [3.8, 4) is 0 Å². The lowest BCUT2D eigenvalue weighted by atomic mass is 10.2. The average molecular weight is 268 g/mol. The second-order valence-corrected chi connectivity index (χ2v) is 6.33. The van der Waals surface area contributed by atoms with Gasteiger partial charge in [-0.05, 0) is 30.5 Å². The molecule has 0 aliphatic carbocycles. The van der Waals surface area contributed by atoms with Gasteiger partial charge >= 0.3 is 0 Å². The highest BCUT2D eigenvalue weighted by Crippen LogP contribution is 2.13. The standard InChI is InChI=1S/C13H20N2O2S/c1-3-4-5-9-15(2)18(16,17)11-12-7-6-8-13(14)10-12/h3,6-8,10H,1,4-5,9,11,14H2,2H3. The van der Waals surface area contributed by atoms with E-state index in [9.17, 15) is 8.42 Å². The van der Waals surface area contributed by atoms with Gasteiger partial charge in [-0.2, -0.15) is 0 Å². The molecule has 0 heterocycles. The number of allylic oxidation sites excluding steroid dienone is 1. The summed E-state index contributed by atoms with van der Waals surface area (Å²) in [6, 6.07) is 6.96. The van der Waals surface area contributed by atoms with Gasteiger partial charge in [-0.1, -0.05) is 18.2 Å². The van der Waals surface area contributed by atoms with Crippen molar-refractivity contribution < 1.29 is 8.42 Å². The topological polar surface area (TPSA) is 63.4 Å². The van der Waals surface area contributed by atoms with Gasteiger partial charge in [0.1, 0.15) is 0 Å². The van der Waals surface area contributed by atoms with Crippen LogP contribution in [0.25, 0.3) is 0 Å². The molecule has 0 amide bonds. The number of sulfonamides is 1. The molecule has 0 radical (unpaired) electrons. The molecule has 0 bridgehead atoms. The molecule has 0 aliphatic heterocycles. The molecule has 0 atom stereocenters. The summed E-state index contributed by atoms with van der Waals surface area (Å²) in [4.78, 5) is 0. The van der Waals surface area contributed by atoms with Crippen LogP contribution >= 0.6 is 0 Å². The van der Waals surface area contributed by atoms with E-state index in [2.05, 4.69) is 6.58 Å². The zero-order valence-corrected chi connectivity index (χ0v) is 11.5. The van der Waals surface area contributed by atoms with Crippen molar-refractivity contribution in [1.82, 2.24) is 4.31 Å². The monoisotopic (exact) mass is 268 g/mol. The van der Waals surface area contributed by atoms with E-state index in [-0.39, 0.29) is 5.75 Å². The van der Waals surface area contributed by atoms with Gasteiger partial charge in [-0.15, -0.1) is 6.58 Å². The second kappa shape index (κ2) is 6.56. The van der Waals surface area contributed by atoms with E-state index >= 15 is 0 Å². The van der Waals surface area contributed by atoms with Gasteiger partial charge in [0.15, 0.2) is 0 Å². The number of nitrogens with two attached hydrogens (primary N) is 1. The van der Waals surface area contributed by atoms with Gasteiger partial charge in [0.2, 0.25) is 10.0 Å². The largest absolute Gasteiger partial charge is 0.399 e. The van der Waals surface area contributed by atoms with Gasteiger partial charge in [-0.3, -0.25) is 0 Å². The first-order chi connectivity index (χ1) is 8.45. The molecule has 0 aromatic heterocycles. The number of benzene rings is 1. The first-order valence-corrected chi connectivity index (χ1v) is 7.46. The van der Waals surface area contributed by atoms with Crippen LogP contribution in [0.1, 0.15) is 18.4 Å². The van der Waals surface area contributed by atoms with Crippen LogP contribution in [-0.4, -0.2) is 26.3 Å². The number of nitrogen functional groups attached to an aromatic ring is 1. The minimum Gasteiger partial charge on any atom is -0.399 e. The van der Waals surface area contributed by atoms with Crippen LogP contribution in [-0.2, 0) is 15.8 Å². The molecule has 4 nitrogen and oxygen atoms in total. The molecule has 0 spiro atoms. The summed E-state index contributed by atoms with van der Waals surface area (Å²) in [5, 5.41) is 0. The van der Waals surface area contributed by atoms with E-state index in [1.165, 1.54) is 4.31 Å². The Bertz CT molecular complexity index is 497. The number of rotatable bonds is 7. The minimum absolute atomic E-state index is 0.0113. The SMILES string of the molecule is C=CCCCN(C)S(=O)(=O)Cc1cccc(N)c1. The summed E-state index contributed by atoms with van der Waals surface area (Å²) in [7, 11) is -1.67. The van der Waals surface area contributed by atoms with Crippen molar-refractivity contribution in [2.75, 3.05) is 19.3 Å². The maximum absolute atomic E-state index is 12.1. The highest BCUT2D eigenvalue weighted by Gasteiger charge is 2.17. The van der Waals surface area contributed by atoms with Crippen LogP contribution in [0.5, 0.6) is 0 Å². The number of nitrogens with zero attached hydrogens (tertiary/aromatic N) is 1. The van der Waals surface area contributed by atoms with Gasteiger partial charge in [0, 0.05) is 19.3 Å². The summed E-state index contributed by atoms with van der Waals surface area (Å²) in [6.45, 7) is 4.13. The van der Waals surface area contributed by atoms with Gasteiger partial charge < -0.3 is 5.73 Å². The van der Waals surface area contributed by atoms with Gasteiger partial charge in [0.25, 0.3) is 0 Å². The van der Waals surface area contributed by atoms with Crippen molar-refractivity contribution in [3.05, 3.63) is 42.5 Å². The first-order valence-electron chi connectivity index (χ1n) is 5.85. The van der Waals surface area contributed by atoms with E-state index in [0.29, 0.717) is 17.8 Å². The Hall–Kier alpha value is -1.33. The van der Waals surface area contributed by atoms with Crippen LogP contribution < -0.4 is 5.73 Å². The Morgan fingerprint density at radius 1 is 1.44 bits per heavy atom. The van der Waals surface area contributed by atoms with E-state index in [1.54, 1.807) is 37.4 Å². The molecule has 0 saturated carbocycles. The summed E-state index contributed by atoms with van der Waals surface area (Å²) < 4.78 is 25.5. The lowest BCUT2D eigenvalue weighted by Crippen LogP contribution is -2.29. The minimum atomic E-state index is -3.27. The fourth-order valence-electron chi connectivity index (χ4n) is 1.60. The molecule has 0 saturated heterocycles. The zero-order chi connectivity index (χ0) is 13.6. The number of hydrogen-bond acceptors (Lipinski definition) is 3. The van der Waals surface area contributed by atoms with Gasteiger partial charge in [-0.25, -0.2) is 12.7 Å². The predicted octanol–water partition coefficient (Wildman–Crippen LogP) is 2.00. The Morgan fingerprint density at radius 3 is 2.78 bits per heavy atom. The Kier molecular flexibility index (Phi) is 5.37. The van der Waals surface area contributed by atoms with E-state index < -0.39 is 10.0 Å². The third kappa shape index (κ3) is 4.50. The van der Waals surface area contributed by atoms with Crippen LogP contribution in [0.4, 0.5) is 5.69 Å². The number of hydrogen-bond donors (Lipinski definition) is 1. The maximum Gasteiger partial charge on any atom is 0.218 e. The molecule has 0 unspecified atom stereocenters. The van der Waals surface area contributed by atoms with E-state index in [4.69, 9.17) is 5.73 Å². The molecule has 5 heteroatoms. The van der Waals surface area contributed by atoms with Crippen LogP contribution in [0.2, 0.25) is 0 Å². The highest BCUT2D eigenvalue weighted by atomic mass is 32.2. The summed E-state index contributed by atoms with van der Waals surface area (Å²) in [6.07, 6.45) is 3.40. The molecule has 1 rings (SSSR count). The first kappa shape index (κ1) is 14.7. The Morgan fingerprint density at radius 2 is 2.17 bits per heavy atom. The second-order valence-electron chi connectivity index (χ2n) is 4.25. The van der Waals surface area contributed by atoms with Crippen molar-refractivity contribution in [2.45, 2.75) is 18.6 Å². The summed E-state index contributed by atoms with van der Waals surface area (Å²) in [5.41, 5.74) is 6.93. The Balaban J connectivity index is 2.66. The quantitative estimate of drug-likeness (QED) is 0.467. The fourth-order valence-corrected chi connectivity index (χ4v) is 2.83. The smallest absolute Gasteiger partial charge is 0.218 e. The lowest BCUT2D eigenvalue weighted by Gasteiger charge is -2.16. The highest BCUT2D eigenvalue weighted by molar-refractivity contribution is 7.88. The van der Waals surface area contributed by atoms with E-state index in [0.717, 1.165) is 12.8 Å². The third-order valence-electron chi connectivity index (χ3n) is 2.66. The molecule has 18 heavy (non-hydrogen) atoms. The normalized spacial score (nSPS) is 11.7. The van der Waals surface area contributed by atoms with E-state index in [1.807, 2.05) is 0 Å². The number of unbranched alkanes of at least 4 members (excludes halogenated alkanes) is 1. The molecule has 0 aliphatic rings. The van der Waals surface area contributed by atoms with Crippen LogP contribution in [0.3, 0.4) is 0 Å². The molecular formula is C13H20N2O2S. The molecule has 1 aromatic carbocycles. The Labute approximate surface area is 109 Å². The fraction of sp³-hybridized carbons (Fsp3) is 0.385. The zero-order valence-electron chi connectivity index (χ0n) is 10.7. The molecular weight excluding hydrogens is 248 g/mol. The molecule has 0 fully saturated rings.